The number of hydrogen-bond donors (Lipinski definition) is 0. The van der Waals surface area contributed by atoms with Crippen molar-refractivity contribution in [1.82, 2.24) is 0 Å². The SMILES string of the molecule is C[P+](C)(C)C.C[P+](C)(C)C.[O]=[Sn]([O-])[O]SSSSSS[O][Sn](=[O])[O-]. The van der Waals surface area contributed by atoms with Crippen LogP contribution in [0.1, 0.15) is 0 Å². The molecular weight excluding hydrogens is 684 g/mol. The van der Waals surface area contributed by atoms with Crippen LogP contribution in [-0.2, 0) is 11.2 Å². The van der Waals surface area contributed by atoms with Crippen molar-refractivity contribution in [3.05, 3.63) is 0 Å². The van der Waals surface area contributed by atoms with Gasteiger partial charge < -0.3 is 0 Å². The van der Waals surface area contributed by atoms with E-state index in [9.17, 15) is 13.0 Å². The molecule has 0 saturated heterocycles. The van der Waals surface area contributed by atoms with Crippen LogP contribution in [0.5, 0.6) is 0 Å². The van der Waals surface area contributed by atoms with Crippen molar-refractivity contribution in [2.45, 2.75) is 0 Å². The van der Waals surface area contributed by atoms with E-state index in [0.29, 0.717) is 0 Å². The maximum atomic E-state index is 10.0. The van der Waals surface area contributed by atoms with Crippen molar-refractivity contribution in [3.8, 4) is 0 Å². The fourth-order valence-corrected chi connectivity index (χ4v) is 15.7. The first kappa shape index (κ1) is 32.7. The quantitative estimate of drug-likeness (QED) is 0.116. The zero-order valence-electron chi connectivity index (χ0n) is 14.8. The van der Waals surface area contributed by atoms with Crippen LogP contribution < -0.4 is 6.89 Å². The van der Waals surface area contributed by atoms with E-state index in [1.807, 2.05) is 0 Å². The minimum atomic E-state index is -3.92. The molecule has 16 heteroatoms. The van der Waals surface area contributed by atoms with Crippen molar-refractivity contribution in [2.24, 2.45) is 0 Å². The zero-order valence-corrected chi connectivity index (χ0v) is 27.2. The molecule has 0 unspecified atom stereocenters. The van der Waals surface area contributed by atoms with Crippen molar-refractivity contribution in [3.63, 3.8) is 0 Å². The molecule has 0 heterocycles. The Kier molecular flexibility index (Phi) is 27.6. The van der Waals surface area contributed by atoms with Gasteiger partial charge >= 0.3 is 121 Å². The van der Waals surface area contributed by atoms with Gasteiger partial charge in [-0.05, 0) is 0 Å². The molecule has 0 spiro atoms. The summed E-state index contributed by atoms with van der Waals surface area (Å²) in [5.74, 6) is 0. The summed E-state index contributed by atoms with van der Waals surface area (Å²) in [4.78, 5) is 0. The third-order valence-corrected chi connectivity index (χ3v) is 15.1. The summed E-state index contributed by atoms with van der Waals surface area (Å²) in [6.07, 6.45) is 0. The van der Waals surface area contributed by atoms with Crippen LogP contribution >= 0.6 is 76.0 Å². The monoisotopic (exact) mass is 710 g/mol. The van der Waals surface area contributed by atoms with E-state index in [-0.39, 0.29) is 14.5 Å². The molecule has 0 aromatic heterocycles. The van der Waals surface area contributed by atoms with Crippen molar-refractivity contribution < 1.29 is 18.1 Å². The van der Waals surface area contributed by atoms with Crippen LogP contribution in [0.3, 0.4) is 0 Å². The van der Waals surface area contributed by atoms with E-state index >= 15 is 0 Å². The molecule has 0 aliphatic carbocycles. The molecule has 6 nitrogen and oxygen atoms in total. The Morgan fingerprint density at radius 1 is 0.625 bits per heavy atom. The van der Waals surface area contributed by atoms with E-state index in [4.69, 9.17) is 0 Å². The van der Waals surface area contributed by atoms with Gasteiger partial charge in [0.25, 0.3) is 0 Å². The van der Waals surface area contributed by atoms with Gasteiger partial charge in [0.1, 0.15) is 0 Å². The molecular formula is C8H24O6P2S6Sn2. The average Bonchev–Trinajstić information content (AvgIpc) is 2.27. The molecule has 0 N–H and O–H groups in total. The molecule has 0 aromatic carbocycles. The first-order valence-corrected chi connectivity index (χ1v) is 27.4. The molecule has 0 amide bonds. The molecule has 0 rings (SSSR count). The molecule has 0 radical (unpaired) electrons. The third kappa shape index (κ3) is 72.2. The summed E-state index contributed by atoms with van der Waals surface area (Å²) in [5.41, 5.74) is 0. The van der Waals surface area contributed by atoms with Gasteiger partial charge in [-0.3, -0.25) is 0 Å². The van der Waals surface area contributed by atoms with E-state index in [2.05, 4.69) is 58.4 Å². The minimum absolute atomic E-state index is 0.389. The van der Waals surface area contributed by atoms with E-state index in [1.165, 1.54) is 19.7 Å². The van der Waals surface area contributed by atoms with Crippen LogP contribution in [0.15, 0.2) is 0 Å². The summed E-state index contributed by atoms with van der Waals surface area (Å²) in [7, 11) is 3.99. The van der Waals surface area contributed by atoms with Gasteiger partial charge in [-0.15, -0.1) is 0 Å². The predicted octanol–water partition coefficient (Wildman–Crippen LogP) is 3.42. The van der Waals surface area contributed by atoms with Crippen molar-refractivity contribution in [1.29, 1.82) is 0 Å². The normalized spacial score (nSPS) is 10.9. The van der Waals surface area contributed by atoms with E-state index < -0.39 is 41.1 Å². The van der Waals surface area contributed by atoms with E-state index in [1.54, 1.807) is 0 Å². The Hall–Kier alpha value is 4.00. The van der Waals surface area contributed by atoms with Gasteiger partial charge in [-0.1, -0.05) is 0 Å². The first-order valence-electron chi connectivity index (χ1n) is 5.97. The predicted molar refractivity (Wildman–Crippen MR) is 122 cm³/mol. The molecule has 0 aliphatic rings. The second-order valence-corrected chi connectivity index (χ2v) is 31.4. The van der Waals surface area contributed by atoms with Crippen LogP contribution in [0, 0.1) is 0 Å². The van der Waals surface area contributed by atoms with Gasteiger partial charge in [0.05, 0.1) is 0 Å². The summed E-state index contributed by atoms with van der Waals surface area (Å²) < 4.78 is 48.6. The standard InChI is InChI=1S/2C4H12P.H2O2S6.4O.2Sn/c2*1-5(2,3)4;1-3-5-7-8-6-4-2;;;;;;/h2*1-4H3;1-2H;;;;;;/q2*+1;;;;2*-1;2*+1/p-2. The molecule has 0 fully saturated rings. The van der Waals surface area contributed by atoms with Crippen molar-refractivity contribution >= 4 is 117 Å². The van der Waals surface area contributed by atoms with Crippen LogP contribution in [0.4, 0.5) is 0 Å². The summed E-state index contributed by atoms with van der Waals surface area (Å²) >= 11 is -6.29. The first-order chi connectivity index (χ1) is 10.6. The van der Waals surface area contributed by atoms with Gasteiger partial charge in [0, 0.05) is 67.8 Å². The maximum absolute atomic E-state index is 10.0. The molecule has 0 atom stereocenters. The molecule has 0 aromatic rings. The summed E-state index contributed by atoms with van der Waals surface area (Å²) in [6, 6.07) is 0. The molecule has 0 bridgehead atoms. The Morgan fingerprint density at radius 3 is 1.00 bits per heavy atom. The Bertz CT molecular complexity index is 300. The summed E-state index contributed by atoms with van der Waals surface area (Å²) in [5, 5.41) is 0. The van der Waals surface area contributed by atoms with Gasteiger partial charge in [0.15, 0.2) is 0 Å². The van der Waals surface area contributed by atoms with Crippen LogP contribution in [-0.4, -0.2) is 94.5 Å². The Labute approximate surface area is 186 Å². The fraction of sp³-hybridized carbons (Fsp3) is 1.00. The Morgan fingerprint density at radius 2 is 0.833 bits per heavy atom. The van der Waals surface area contributed by atoms with Gasteiger partial charge in [0.2, 0.25) is 0 Å². The average molecular weight is 708 g/mol. The van der Waals surface area contributed by atoms with Gasteiger partial charge in [-0.2, -0.15) is 0 Å². The number of hydrogen-bond acceptors (Lipinski definition) is 12. The van der Waals surface area contributed by atoms with Crippen LogP contribution in [0.25, 0.3) is 0 Å². The Balaban J connectivity index is -0.000000361. The fourth-order valence-electron chi connectivity index (χ4n) is 0.129. The van der Waals surface area contributed by atoms with Crippen LogP contribution in [0.2, 0.25) is 0 Å². The molecule has 0 aliphatic heterocycles. The third-order valence-electron chi connectivity index (χ3n) is 0.343. The molecule has 146 valence electrons. The van der Waals surface area contributed by atoms with Gasteiger partial charge in [-0.25, -0.2) is 0 Å². The topological polar surface area (TPSA) is 98.7 Å². The van der Waals surface area contributed by atoms with Crippen molar-refractivity contribution in [2.75, 3.05) is 53.3 Å². The summed E-state index contributed by atoms with van der Waals surface area (Å²) in [6.45, 7) is 18.4. The number of rotatable bonds is 9. The molecule has 0 saturated carbocycles. The van der Waals surface area contributed by atoms with E-state index in [0.717, 1.165) is 41.8 Å². The zero-order chi connectivity index (χ0) is 19.8. The second kappa shape index (κ2) is 20.3. The molecule has 24 heavy (non-hydrogen) atoms. The second-order valence-electron chi connectivity index (χ2n) is 6.44.